The smallest absolute Gasteiger partial charge is 0.315 e. The first-order chi connectivity index (χ1) is 8.41. The van der Waals surface area contributed by atoms with Gasteiger partial charge in [0, 0.05) is 28.9 Å². The number of hydrogen-bond acceptors (Lipinski definition) is 3. The normalized spacial score (nSPS) is 15.5. The van der Waals surface area contributed by atoms with Crippen LogP contribution in [0.5, 0.6) is 0 Å². The summed E-state index contributed by atoms with van der Waals surface area (Å²) < 4.78 is 11.2. The van der Waals surface area contributed by atoms with Gasteiger partial charge >= 0.3 is 12.0 Å². The number of aliphatic carboxylic acids is 1. The van der Waals surface area contributed by atoms with Crippen molar-refractivity contribution in [3.63, 3.8) is 0 Å². The van der Waals surface area contributed by atoms with Gasteiger partial charge in [-0.3, -0.25) is 9.00 Å². The van der Waals surface area contributed by atoms with E-state index in [1.807, 2.05) is 0 Å². The molecule has 0 aliphatic rings. The molecule has 0 saturated heterocycles. The summed E-state index contributed by atoms with van der Waals surface area (Å²) in [5.41, 5.74) is -2.03. The van der Waals surface area contributed by atoms with Gasteiger partial charge in [-0.25, -0.2) is 4.79 Å². The SMILES string of the molecule is CC(CNC(=O)NC(C)(C)C(C)(C)C(=O)O)S(C)=O. The molecule has 3 N–H and O–H groups in total. The van der Waals surface area contributed by atoms with Crippen molar-refractivity contribution in [3.8, 4) is 0 Å². The summed E-state index contributed by atoms with van der Waals surface area (Å²) in [5.74, 6) is -0.985. The number of carboxylic acid groups (broad SMARTS) is 1. The number of carboxylic acids is 1. The second-order valence-corrected chi connectivity index (χ2v) is 7.50. The van der Waals surface area contributed by atoms with Crippen molar-refractivity contribution in [3.05, 3.63) is 0 Å². The Labute approximate surface area is 116 Å². The van der Waals surface area contributed by atoms with Gasteiger partial charge in [-0.2, -0.15) is 0 Å². The molecule has 0 fully saturated rings. The number of urea groups is 1. The van der Waals surface area contributed by atoms with Crippen LogP contribution in [0.25, 0.3) is 0 Å². The predicted octanol–water partition coefficient (Wildman–Crippen LogP) is 0.942. The van der Waals surface area contributed by atoms with Crippen LogP contribution in [0, 0.1) is 5.41 Å². The molecule has 0 saturated carbocycles. The Morgan fingerprint density at radius 3 is 2.11 bits per heavy atom. The Kier molecular flexibility index (Phi) is 5.99. The van der Waals surface area contributed by atoms with E-state index in [0.29, 0.717) is 0 Å². The predicted molar refractivity (Wildman–Crippen MR) is 75.6 cm³/mol. The minimum Gasteiger partial charge on any atom is -0.481 e. The van der Waals surface area contributed by atoms with Gasteiger partial charge in [-0.1, -0.05) is 0 Å². The van der Waals surface area contributed by atoms with Crippen LogP contribution in [0.2, 0.25) is 0 Å². The van der Waals surface area contributed by atoms with Gasteiger partial charge in [0.1, 0.15) is 0 Å². The second-order valence-electron chi connectivity index (χ2n) is 5.70. The summed E-state index contributed by atoms with van der Waals surface area (Å²) in [6.07, 6.45) is 1.57. The van der Waals surface area contributed by atoms with Gasteiger partial charge < -0.3 is 15.7 Å². The third kappa shape index (κ3) is 4.81. The van der Waals surface area contributed by atoms with Crippen LogP contribution in [-0.2, 0) is 15.6 Å². The molecule has 19 heavy (non-hydrogen) atoms. The topological polar surface area (TPSA) is 95.5 Å². The van der Waals surface area contributed by atoms with Crippen molar-refractivity contribution >= 4 is 22.8 Å². The molecule has 0 aliphatic heterocycles. The molecule has 2 unspecified atom stereocenters. The van der Waals surface area contributed by atoms with Crippen molar-refractivity contribution in [2.24, 2.45) is 5.41 Å². The Morgan fingerprint density at radius 1 is 1.26 bits per heavy atom. The Bertz CT molecular complexity index is 380. The van der Waals surface area contributed by atoms with Crippen LogP contribution in [0.3, 0.4) is 0 Å². The fraction of sp³-hybridized carbons (Fsp3) is 0.833. The number of rotatable bonds is 6. The third-order valence-electron chi connectivity index (χ3n) is 3.64. The maximum atomic E-state index is 11.7. The van der Waals surface area contributed by atoms with E-state index in [0.717, 1.165) is 0 Å². The molecule has 0 bridgehead atoms. The highest BCUT2D eigenvalue weighted by atomic mass is 32.2. The van der Waals surface area contributed by atoms with Gasteiger partial charge in [-0.05, 0) is 34.6 Å². The van der Waals surface area contributed by atoms with Crippen LogP contribution in [-0.4, -0.2) is 44.9 Å². The summed E-state index contributed by atoms with van der Waals surface area (Å²) in [6, 6.07) is -0.461. The van der Waals surface area contributed by atoms with E-state index in [1.165, 1.54) is 0 Å². The summed E-state index contributed by atoms with van der Waals surface area (Å²) in [4.78, 5) is 22.9. The summed E-state index contributed by atoms with van der Waals surface area (Å²) in [7, 11) is -1.01. The fourth-order valence-corrected chi connectivity index (χ4v) is 1.42. The van der Waals surface area contributed by atoms with Crippen molar-refractivity contribution in [2.45, 2.75) is 45.4 Å². The highest BCUT2D eigenvalue weighted by Crippen LogP contribution is 2.30. The first kappa shape index (κ1) is 17.9. The van der Waals surface area contributed by atoms with Crippen molar-refractivity contribution in [1.82, 2.24) is 10.6 Å². The van der Waals surface area contributed by atoms with E-state index >= 15 is 0 Å². The lowest BCUT2D eigenvalue weighted by Crippen LogP contribution is -2.59. The third-order valence-corrected chi connectivity index (χ3v) is 4.94. The lowest BCUT2D eigenvalue weighted by atomic mass is 9.74. The average Bonchev–Trinajstić information content (AvgIpc) is 2.24. The zero-order valence-electron chi connectivity index (χ0n) is 12.4. The highest BCUT2D eigenvalue weighted by molar-refractivity contribution is 7.84. The van der Waals surface area contributed by atoms with Crippen LogP contribution < -0.4 is 10.6 Å². The first-order valence-corrected chi connectivity index (χ1v) is 7.65. The van der Waals surface area contributed by atoms with Crippen molar-refractivity contribution in [1.29, 1.82) is 0 Å². The lowest BCUT2D eigenvalue weighted by Gasteiger charge is -2.38. The van der Waals surface area contributed by atoms with E-state index in [2.05, 4.69) is 10.6 Å². The van der Waals surface area contributed by atoms with Crippen LogP contribution in [0.1, 0.15) is 34.6 Å². The zero-order valence-corrected chi connectivity index (χ0v) is 13.2. The minimum atomic E-state index is -1.11. The molecule has 2 atom stereocenters. The largest absolute Gasteiger partial charge is 0.481 e. The lowest BCUT2D eigenvalue weighted by molar-refractivity contribution is -0.150. The Morgan fingerprint density at radius 2 is 1.74 bits per heavy atom. The average molecular weight is 292 g/mol. The minimum absolute atomic E-state index is 0.152. The van der Waals surface area contributed by atoms with E-state index in [-0.39, 0.29) is 11.8 Å². The molecule has 0 aromatic carbocycles. The molecule has 0 aliphatic carbocycles. The van der Waals surface area contributed by atoms with Crippen molar-refractivity contribution in [2.75, 3.05) is 12.8 Å². The van der Waals surface area contributed by atoms with Crippen LogP contribution in [0.15, 0.2) is 0 Å². The molecule has 0 radical (unpaired) electrons. The van der Waals surface area contributed by atoms with Gasteiger partial charge in [0.2, 0.25) is 0 Å². The summed E-state index contributed by atoms with van der Waals surface area (Å²) >= 11 is 0. The molecule has 0 aromatic rings. The van der Waals surface area contributed by atoms with Crippen molar-refractivity contribution < 1.29 is 18.9 Å². The van der Waals surface area contributed by atoms with E-state index < -0.39 is 33.8 Å². The molecule has 0 aromatic heterocycles. The van der Waals surface area contributed by atoms with Gasteiger partial charge in [-0.15, -0.1) is 0 Å². The molecule has 0 spiro atoms. The van der Waals surface area contributed by atoms with Gasteiger partial charge in [0.05, 0.1) is 11.0 Å². The summed E-state index contributed by atoms with van der Waals surface area (Å²) in [6.45, 7) is 8.46. The monoisotopic (exact) mass is 292 g/mol. The van der Waals surface area contributed by atoms with Crippen LogP contribution >= 0.6 is 0 Å². The Hall–Kier alpha value is -1.11. The molecule has 0 rings (SSSR count). The van der Waals surface area contributed by atoms with E-state index in [4.69, 9.17) is 5.11 Å². The number of hydrogen-bond donors (Lipinski definition) is 3. The molecular weight excluding hydrogens is 268 g/mol. The second kappa shape index (κ2) is 6.36. The molecular formula is C12H24N2O4S. The molecule has 2 amide bonds. The molecule has 0 heterocycles. The fourth-order valence-electron chi connectivity index (χ4n) is 1.11. The van der Waals surface area contributed by atoms with Gasteiger partial charge in [0.15, 0.2) is 0 Å². The molecule has 7 heteroatoms. The quantitative estimate of drug-likeness (QED) is 0.679. The standard InChI is InChI=1S/C12H24N2O4S/c1-8(19(6)18)7-13-10(17)14-12(4,5)11(2,3)9(15)16/h8H,7H2,1-6H3,(H,15,16)(H2,13,14,17). The maximum absolute atomic E-state index is 11.7. The van der Waals surface area contributed by atoms with E-state index in [9.17, 15) is 13.8 Å². The zero-order chi connectivity index (χ0) is 15.4. The number of nitrogens with one attached hydrogen (secondary N) is 2. The van der Waals surface area contributed by atoms with Crippen LogP contribution in [0.4, 0.5) is 4.79 Å². The Balaban J connectivity index is 4.56. The van der Waals surface area contributed by atoms with Gasteiger partial charge in [0.25, 0.3) is 0 Å². The number of carbonyl (C=O) groups excluding carboxylic acids is 1. The summed E-state index contributed by atoms with van der Waals surface area (Å²) in [5, 5.41) is 14.3. The van der Waals surface area contributed by atoms with E-state index in [1.54, 1.807) is 40.9 Å². The highest BCUT2D eigenvalue weighted by Gasteiger charge is 2.44. The number of amides is 2. The maximum Gasteiger partial charge on any atom is 0.315 e. The molecule has 6 nitrogen and oxygen atoms in total. The number of carbonyl (C=O) groups is 2. The first-order valence-electron chi connectivity index (χ1n) is 6.03. The molecule has 112 valence electrons.